The fourth-order valence-electron chi connectivity index (χ4n) is 7.80. The first-order valence-corrected chi connectivity index (χ1v) is 15.7. The molecule has 0 aliphatic carbocycles. The maximum atomic E-state index is 15.3. The quantitative estimate of drug-likeness (QED) is 0.143. The van der Waals surface area contributed by atoms with E-state index in [-0.39, 0.29) is 17.9 Å². The number of piperidine rings is 1. The van der Waals surface area contributed by atoms with Crippen LogP contribution in [0.1, 0.15) is 45.9 Å². The van der Waals surface area contributed by atoms with Crippen LogP contribution in [0.25, 0.3) is 0 Å². The van der Waals surface area contributed by atoms with Crippen LogP contribution in [0.2, 0.25) is 0 Å². The monoisotopic (exact) mass is 642 g/mol. The number of rotatable bonds is 8. The molecule has 3 heterocycles. The van der Waals surface area contributed by atoms with Gasteiger partial charge in [-0.2, -0.15) is 0 Å². The number of allylic oxidation sites excluding steroid dienone is 1. The Labute approximate surface area is 278 Å². The number of carbonyl (C=O) groups is 4. The van der Waals surface area contributed by atoms with Crippen LogP contribution >= 0.6 is 0 Å². The SMILES string of the molecule is COC(=O)C1=C(C)N(Cc2ccccc2)[C@]23O[C@](C(=O)OC)(C(=O)N2[C@@H]1c1ccccc1)[C@@H](c1ccccc1)[C@@H]3C(=O)c1ccccc1. The van der Waals surface area contributed by atoms with Crippen LogP contribution in [0.15, 0.2) is 133 Å². The molecule has 2 bridgehead atoms. The number of amides is 1. The number of ketones is 1. The van der Waals surface area contributed by atoms with Crippen LogP contribution in [0.4, 0.5) is 0 Å². The highest BCUT2D eigenvalue weighted by atomic mass is 16.6. The highest BCUT2D eigenvalue weighted by Crippen LogP contribution is 2.67. The molecule has 2 fully saturated rings. The Kier molecular flexibility index (Phi) is 7.72. The maximum absolute atomic E-state index is 15.3. The molecule has 0 unspecified atom stereocenters. The smallest absolute Gasteiger partial charge is 0.348 e. The number of Topliss-reactive ketones (excluding diaryl/α,β-unsaturated/α-hetero) is 1. The van der Waals surface area contributed by atoms with Crippen LogP contribution in [-0.4, -0.2) is 59.1 Å². The average Bonchev–Trinajstić information content (AvgIpc) is 3.60. The van der Waals surface area contributed by atoms with Crippen molar-refractivity contribution in [1.29, 1.82) is 0 Å². The summed E-state index contributed by atoms with van der Waals surface area (Å²) >= 11 is 0. The zero-order valence-corrected chi connectivity index (χ0v) is 26.7. The lowest BCUT2D eigenvalue weighted by Gasteiger charge is -2.56. The van der Waals surface area contributed by atoms with Crippen molar-refractivity contribution in [2.75, 3.05) is 14.2 Å². The van der Waals surface area contributed by atoms with Crippen molar-refractivity contribution < 1.29 is 33.4 Å². The van der Waals surface area contributed by atoms with Crippen molar-refractivity contribution in [3.63, 3.8) is 0 Å². The predicted molar refractivity (Wildman–Crippen MR) is 175 cm³/mol. The minimum Gasteiger partial charge on any atom is -0.466 e. The lowest BCUT2D eigenvalue weighted by molar-refractivity contribution is -0.222. The summed E-state index contributed by atoms with van der Waals surface area (Å²) in [5.41, 5.74) is 0.743. The molecule has 2 saturated heterocycles. The van der Waals surface area contributed by atoms with Crippen LogP contribution in [0.5, 0.6) is 0 Å². The molecule has 7 rings (SSSR count). The Morgan fingerprint density at radius 1 is 0.750 bits per heavy atom. The third-order valence-electron chi connectivity index (χ3n) is 9.77. The molecule has 48 heavy (non-hydrogen) atoms. The largest absolute Gasteiger partial charge is 0.466 e. The average molecular weight is 643 g/mol. The Balaban J connectivity index is 1.61. The van der Waals surface area contributed by atoms with E-state index in [2.05, 4.69) is 0 Å². The number of methoxy groups -OCH3 is 2. The molecule has 0 aromatic heterocycles. The summed E-state index contributed by atoms with van der Waals surface area (Å²) in [4.78, 5) is 61.8. The summed E-state index contributed by atoms with van der Waals surface area (Å²) in [5.74, 6) is -6.72. The van der Waals surface area contributed by atoms with E-state index in [0.717, 1.165) is 5.56 Å². The van der Waals surface area contributed by atoms with Crippen molar-refractivity contribution in [3.8, 4) is 0 Å². The minimum absolute atomic E-state index is 0.135. The third kappa shape index (κ3) is 4.34. The van der Waals surface area contributed by atoms with Gasteiger partial charge >= 0.3 is 11.9 Å². The van der Waals surface area contributed by atoms with Gasteiger partial charge in [0.1, 0.15) is 5.92 Å². The Morgan fingerprint density at radius 3 is 1.85 bits per heavy atom. The molecule has 0 N–H and O–H groups in total. The van der Waals surface area contributed by atoms with E-state index >= 15 is 9.59 Å². The minimum atomic E-state index is -2.26. The second-order valence-electron chi connectivity index (χ2n) is 12.1. The van der Waals surface area contributed by atoms with Gasteiger partial charge in [0, 0.05) is 17.8 Å². The molecule has 0 radical (unpaired) electrons. The van der Waals surface area contributed by atoms with E-state index in [1.165, 1.54) is 19.1 Å². The zero-order valence-electron chi connectivity index (χ0n) is 26.7. The molecule has 1 spiro atoms. The first-order valence-electron chi connectivity index (χ1n) is 15.7. The standard InChI is InChI=1S/C39H34N2O7/c1-25-30(35(43)46-2)33(28-20-12-6-13-21-28)41-36(44)38(37(45)47-3)31(27-18-10-5-11-19-27)32(34(42)29-22-14-7-15-23-29)39(41,48-38)40(25)24-26-16-8-4-9-17-26/h4-23,31-33H,24H2,1-3H3/t31-,32+,33+,38-,39-/m0/s1. The zero-order chi connectivity index (χ0) is 33.6. The van der Waals surface area contributed by atoms with Crippen LogP contribution < -0.4 is 0 Å². The van der Waals surface area contributed by atoms with E-state index in [4.69, 9.17) is 14.2 Å². The highest BCUT2D eigenvalue weighted by molar-refractivity contribution is 6.14. The molecule has 1 amide bonds. The Bertz CT molecular complexity index is 1920. The van der Waals surface area contributed by atoms with Gasteiger partial charge in [-0.15, -0.1) is 0 Å². The first kappa shape index (κ1) is 31.1. The summed E-state index contributed by atoms with van der Waals surface area (Å²) in [7, 11) is 2.49. The normalized spacial score (nSPS) is 25.9. The van der Waals surface area contributed by atoms with Gasteiger partial charge in [0.2, 0.25) is 5.85 Å². The van der Waals surface area contributed by atoms with Gasteiger partial charge in [-0.25, -0.2) is 9.59 Å². The van der Waals surface area contributed by atoms with Gasteiger partial charge in [-0.05, 0) is 23.6 Å². The summed E-state index contributed by atoms with van der Waals surface area (Å²) in [6.07, 6.45) is 0. The first-order chi connectivity index (χ1) is 23.3. The van der Waals surface area contributed by atoms with E-state index in [1.807, 2.05) is 48.5 Å². The van der Waals surface area contributed by atoms with Gasteiger partial charge in [-0.3, -0.25) is 14.5 Å². The lowest BCUT2D eigenvalue weighted by Crippen LogP contribution is -2.70. The van der Waals surface area contributed by atoms with Crippen LogP contribution in [0.3, 0.4) is 0 Å². The Morgan fingerprint density at radius 2 is 1.29 bits per heavy atom. The second kappa shape index (κ2) is 11.9. The predicted octanol–water partition coefficient (Wildman–Crippen LogP) is 5.41. The molecule has 242 valence electrons. The summed E-state index contributed by atoms with van der Waals surface area (Å²) < 4.78 is 17.8. The molecule has 9 nitrogen and oxygen atoms in total. The van der Waals surface area contributed by atoms with Gasteiger partial charge in [0.15, 0.2) is 5.78 Å². The van der Waals surface area contributed by atoms with Crippen molar-refractivity contribution in [1.82, 2.24) is 9.80 Å². The van der Waals surface area contributed by atoms with Gasteiger partial charge in [0.25, 0.3) is 11.5 Å². The maximum Gasteiger partial charge on any atom is 0.348 e. The number of carbonyl (C=O) groups excluding carboxylic acids is 4. The Hall–Kier alpha value is -5.54. The molecular weight excluding hydrogens is 608 g/mol. The van der Waals surface area contributed by atoms with Crippen molar-refractivity contribution in [2.24, 2.45) is 5.92 Å². The van der Waals surface area contributed by atoms with E-state index in [1.54, 1.807) is 84.6 Å². The number of benzene rings is 4. The summed E-state index contributed by atoms with van der Waals surface area (Å²) in [6, 6.07) is 35.2. The second-order valence-corrected chi connectivity index (χ2v) is 12.1. The van der Waals surface area contributed by atoms with E-state index in [0.29, 0.717) is 22.4 Å². The lowest BCUT2D eigenvalue weighted by atomic mass is 9.66. The molecular formula is C39H34N2O7. The van der Waals surface area contributed by atoms with Crippen LogP contribution in [-0.2, 0) is 35.1 Å². The van der Waals surface area contributed by atoms with Crippen molar-refractivity contribution in [2.45, 2.75) is 36.9 Å². The number of ether oxygens (including phenoxy) is 3. The number of hydrogen-bond acceptors (Lipinski definition) is 8. The molecule has 0 saturated carbocycles. The fraction of sp³-hybridized carbons (Fsp3) is 0.231. The van der Waals surface area contributed by atoms with Crippen molar-refractivity contribution in [3.05, 3.63) is 155 Å². The molecule has 3 aliphatic heterocycles. The van der Waals surface area contributed by atoms with E-state index in [9.17, 15) is 9.59 Å². The topological polar surface area (TPSA) is 102 Å². The van der Waals surface area contributed by atoms with Gasteiger partial charge < -0.3 is 19.1 Å². The van der Waals surface area contributed by atoms with E-state index < -0.39 is 47.2 Å². The summed E-state index contributed by atoms with van der Waals surface area (Å²) in [5, 5.41) is 0. The third-order valence-corrected chi connectivity index (χ3v) is 9.77. The number of fused-ring (bicyclic) bond motifs is 1. The molecule has 5 atom stereocenters. The van der Waals surface area contributed by atoms with Gasteiger partial charge in [0.05, 0.1) is 31.8 Å². The number of hydrogen-bond donors (Lipinski definition) is 0. The summed E-state index contributed by atoms with van der Waals surface area (Å²) in [6.45, 7) is 1.90. The molecule has 9 heteroatoms. The number of nitrogens with zero attached hydrogens (tertiary/aromatic N) is 2. The highest BCUT2D eigenvalue weighted by Gasteiger charge is 2.84. The molecule has 4 aromatic carbocycles. The van der Waals surface area contributed by atoms with Crippen molar-refractivity contribution >= 4 is 23.6 Å². The number of esters is 2. The molecule has 3 aliphatic rings. The van der Waals surface area contributed by atoms with Gasteiger partial charge in [-0.1, -0.05) is 121 Å². The van der Waals surface area contributed by atoms with Crippen LogP contribution in [0, 0.1) is 5.92 Å². The fourth-order valence-corrected chi connectivity index (χ4v) is 7.80. The molecule has 4 aromatic rings.